The molecule has 1 aromatic carbocycles. The Bertz CT molecular complexity index is 505. The third kappa shape index (κ3) is 1.78. The van der Waals surface area contributed by atoms with E-state index < -0.39 is 11.7 Å². The van der Waals surface area contributed by atoms with Crippen molar-refractivity contribution in [1.29, 1.82) is 0 Å². The van der Waals surface area contributed by atoms with Crippen molar-refractivity contribution >= 4 is 5.78 Å². The molecule has 1 aliphatic carbocycles. The van der Waals surface area contributed by atoms with Gasteiger partial charge in [0.25, 0.3) is 0 Å². The summed E-state index contributed by atoms with van der Waals surface area (Å²) in [7, 11) is 1.66. The SMILES string of the molecule is COc1cccc2c1CCC(=O)C2(C)C1OCCO1. The van der Waals surface area contributed by atoms with Crippen LogP contribution in [0.1, 0.15) is 24.5 Å². The Morgan fingerprint density at radius 2 is 2.00 bits per heavy atom. The molecule has 1 unspecified atom stereocenters. The molecule has 0 aromatic heterocycles. The van der Waals surface area contributed by atoms with Gasteiger partial charge in [-0.1, -0.05) is 12.1 Å². The van der Waals surface area contributed by atoms with Gasteiger partial charge >= 0.3 is 0 Å². The molecular formula is C15H18O4. The maximum atomic E-state index is 12.5. The van der Waals surface area contributed by atoms with Crippen molar-refractivity contribution in [2.24, 2.45) is 0 Å². The lowest BCUT2D eigenvalue weighted by Crippen LogP contribution is -2.47. The minimum Gasteiger partial charge on any atom is -0.496 e. The van der Waals surface area contributed by atoms with Crippen LogP contribution in [-0.2, 0) is 26.1 Å². The van der Waals surface area contributed by atoms with Gasteiger partial charge in [0.15, 0.2) is 6.29 Å². The smallest absolute Gasteiger partial charge is 0.174 e. The van der Waals surface area contributed by atoms with Gasteiger partial charge in [-0.05, 0) is 30.5 Å². The van der Waals surface area contributed by atoms with E-state index in [0.717, 1.165) is 23.3 Å². The summed E-state index contributed by atoms with van der Waals surface area (Å²) in [6, 6.07) is 5.84. The van der Waals surface area contributed by atoms with Crippen molar-refractivity contribution in [3.8, 4) is 5.75 Å². The topological polar surface area (TPSA) is 44.8 Å². The summed E-state index contributed by atoms with van der Waals surface area (Å²) in [5.41, 5.74) is 1.36. The van der Waals surface area contributed by atoms with Crippen LogP contribution in [0, 0.1) is 0 Å². The molecule has 1 atom stereocenters. The van der Waals surface area contributed by atoms with Crippen molar-refractivity contribution in [3.63, 3.8) is 0 Å². The van der Waals surface area contributed by atoms with Crippen LogP contribution in [0.2, 0.25) is 0 Å². The molecule has 4 heteroatoms. The van der Waals surface area contributed by atoms with E-state index in [9.17, 15) is 4.79 Å². The first-order chi connectivity index (χ1) is 9.17. The molecule has 1 fully saturated rings. The number of fused-ring (bicyclic) bond motifs is 1. The Hall–Kier alpha value is -1.39. The Morgan fingerprint density at radius 3 is 2.68 bits per heavy atom. The highest BCUT2D eigenvalue weighted by Crippen LogP contribution is 2.42. The fourth-order valence-electron chi connectivity index (χ4n) is 3.10. The number of benzene rings is 1. The second kappa shape index (κ2) is 4.62. The highest BCUT2D eigenvalue weighted by molar-refractivity contribution is 5.93. The molecule has 0 spiro atoms. The third-order valence-electron chi connectivity index (χ3n) is 4.19. The van der Waals surface area contributed by atoms with E-state index in [1.807, 2.05) is 25.1 Å². The Kier molecular flexibility index (Phi) is 3.07. The van der Waals surface area contributed by atoms with Gasteiger partial charge in [-0.15, -0.1) is 0 Å². The summed E-state index contributed by atoms with van der Waals surface area (Å²) in [4.78, 5) is 12.5. The lowest BCUT2D eigenvalue weighted by Gasteiger charge is -2.38. The summed E-state index contributed by atoms with van der Waals surface area (Å²) in [6.07, 6.45) is 0.749. The zero-order valence-electron chi connectivity index (χ0n) is 11.3. The maximum absolute atomic E-state index is 12.5. The normalized spacial score (nSPS) is 27.4. The number of rotatable bonds is 2. The van der Waals surface area contributed by atoms with E-state index in [2.05, 4.69) is 0 Å². The Labute approximate surface area is 112 Å². The van der Waals surface area contributed by atoms with Crippen LogP contribution in [0.3, 0.4) is 0 Å². The van der Waals surface area contributed by atoms with Gasteiger partial charge in [0.05, 0.1) is 20.3 Å². The number of hydrogen-bond acceptors (Lipinski definition) is 4. The number of methoxy groups -OCH3 is 1. The lowest BCUT2D eigenvalue weighted by molar-refractivity contribution is -0.144. The fourth-order valence-corrected chi connectivity index (χ4v) is 3.10. The first kappa shape index (κ1) is 12.6. The molecule has 2 aliphatic rings. The van der Waals surface area contributed by atoms with Gasteiger partial charge < -0.3 is 14.2 Å². The van der Waals surface area contributed by atoms with Crippen LogP contribution in [0.5, 0.6) is 5.75 Å². The van der Waals surface area contributed by atoms with Gasteiger partial charge in [0.1, 0.15) is 16.9 Å². The summed E-state index contributed by atoms with van der Waals surface area (Å²) >= 11 is 0. The minimum absolute atomic E-state index is 0.181. The number of Topliss-reactive ketones (excluding diaryl/α,β-unsaturated/α-hetero) is 1. The second-order valence-corrected chi connectivity index (χ2v) is 5.19. The van der Waals surface area contributed by atoms with Gasteiger partial charge in [0, 0.05) is 6.42 Å². The van der Waals surface area contributed by atoms with Crippen molar-refractivity contribution in [2.45, 2.75) is 31.5 Å². The molecule has 0 amide bonds. The molecule has 1 heterocycles. The Morgan fingerprint density at radius 1 is 1.26 bits per heavy atom. The standard InChI is InChI=1S/C15H18O4/c1-15(14-18-8-9-19-14)11-4-3-5-12(17-2)10(11)6-7-13(15)16/h3-5,14H,6-9H2,1-2H3. The lowest BCUT2D eigenvalue weighted by atomic mass is 9.69. The maximum Gasteiger partial charge on any atom is 0.174 e. The summed E-state index contributed by atoms with van der Waals surface area (Å²) in [5, 5.41) is 0. The van der Waals surface area contributed by atoms with E-state index in [-0.39, 0.29) is 5.78 Å². The van der Waals surface area contributed by atoms with Crippen molar-refractivity contribution < 1.29 is 19.0 Å². The third-order valence-corrected chi connectivity index (χ3v) is 4.19. The molecule has 102 valence electrons. The van der Waals surface area contributed by atoms with Gasteiger partial charge in [-0.2, -0.15) is 0 Å². The second-order valence-electron chi connectivity index (χ2n) is 5.19. The van der Waals surface area contributed by atoms with E-state index in [0.29, 0.717) is 19.6 Å². The fraction of sp³-hybridized carbons (Fsp3) is 0.533. The molecule has 0 bridgehead atoms. The summed E-state index contributed by atoms with van der Waals surface area (Å²) < 4.78 is 16.6. The number of ketones is 1. The number of ether oxygens (including phenoxy) is 3. The molecule has 0 N–H and O–H groups in total. The average molecular weight is 262 g/mol. The number of carbonyl (C=O) groups excluding carboxylic acids is 1. The van der Waals surface area contributed by atoms with Gasteiger partial charge in [-0.25, -0.2) is 0 Å². The molecule has 4 nitrogen and oxygen atoms in total. The van der Waals surface area contributed by atoms with E-state index in [1.165, 1.54) is 0 Å². The predicted octanol–water partition coefficient (Wildman–Crippen LogP) is 1.84. The molecule has 0 saturated carbocycles. The molecule has 1 saturated heterocycles. The molecule has 0 radical (unpaired) electrons. The highest BCUT2D eigenvalue weighted by Gasteiger charge is 2.49. The molecule has 3 rings (SSSR count). The molecule has 1 aliphatic heterocycles. The first-order valence-electron chi connectivity index (χ1n) is 6.61. The number of carbonyl (C=O) groups is 1. The average Bonchev–Trinajstić information content (AvgIpc) is 2.97. The van der Waals surface area contributed by atoms with Crippen LogP contribution in [0.25, 0.3) is 0 Å². The monoisotopic (exact) mass is 262 g/mol. The van der Waals surface area contributed by atoms with Crippen molar-refractivity contribution in [2.75, 3.05) is 20.3 Å². The zero-order chi connectivity index (χ0) is 13.5. The van der Waals surface area contributed by atoms with Gasteiger partial charge in [0.2, 0.25) is 0 Å². The Balaban J connectivity index is 2.13. The van der Waals surface area contributed by atoms with Crippen LogP contribution < -0.4 is 4.74 Å². The first-order valence-corrected chi connectivity index (χ1v) is 6.61. The van der Waals surface area contributed by atoms with Gasteiger partial charge in [-0.3, -0.25) is 4.79 Å². The van der Waals surface area contributed by atoms with Crippen molar-refractivity contribution in [1.82, 2.24) is 0 Å². The molecule has 19 heavy (non-hydrogen) atoms. The molecule has 1 aromatic rings. The van der Waals surface area contributed by atoms with E-state index in [4.69, 9.17) is 14.2 Å². The number of hydrogen-bond donors (Lipinski definition) is 0. The van der Waals surface area contributed by atoms with Crippen LogP contribution in [0.4, 0.5) is 0 Å². The van der Waals surface area contributed by atoms with Crippen LogP contribution in [0.15, 0.2) is 18.2 Å². The van der Waals surface area contributed by atoms with Crippen LogP contribution >= 0.6 is 0 Å². The largest absolute Gasteiger partial charge is 0.496 e. The van der Waals surface area contributed by atoms with Crippen molar-refractivity contribution in [3.05, 3.63) is 29.3 Å². The minimum atomic E-state index is -0.724. The predicted molar refractivity (Wildman–Crippen MR) is 69.4 cm³/mol. The van der Waals surface area contributed by atoms with E-state index in [1.54, 1.807) is 7.11 Å². The highest BCUT2D eigenvalue weighted by atomic mass is 16.7. The summed E-state index contributed by atoms with van der Waals surface area (Å²) in [5.74, 6) is 1.02. The van der Waals surface area contributed by atoms with Crippen LogP contribution in [-0.4, -0.2) is 32.4 Å². The quantitative estimate of drug-likeness (QED) is 0.816. The molecular weight excluding hydrogens is 244 g/mol. The zero-order valence-corrected chi connectivity index (χ0v) is 11.3. The summed E-state index contributed by atoms with van der Waals surface area (Å²) in [6.45, 7) is 3.02. The van der Waals surface area contributed by atoms with E-state index >= 15 is 0 Å².